The number of halogens is 1. The van der Waals surface area contributed by atoms with Crippen LogP contribution in [0.3, 0.4) is 0 Å². The van der Waals surface area contributed by atoms with Crippen molar-refractivity contribution in [1.29, 1.82) is 5.26 Å². The predicted octanol–water partition coefficient (Wildman–Crippen LogP) is 2.22. The zero-order chi connectivity index (χ0) is 15.5. The fourth-order valence-corrected chi connectivity index (χ4v) is 3.06. The van der Waals surface area contributed by atoms with Gasteiger partial charge in [0.15, 0.2) is 0 Å². The van der Waals surface area contributed by atoms with Gasteiger partial charge in [0.05, 0.1) is 23.1 Å². The van der Waals surface area contributed by atoms with Crippen LogP contribution in [-0.2, 0) is 15.8 Å². The lowest BCUT2D eigenvalue weighted by molar-refractivity contribution is 0.598. The van der Waals surface area contributed by atoms with Gasteiger partial charge in [0, 0.05) is 0 Å². The summed E-state index contributed by atoms with van der Waals surface area (Å²) >= 11 is 0. The van der Waals surface area contributed by atoms with Crippen LogP contribution in [0.1, 0.15) is 11.1 Å². The molecule has 108 valence electrons. The van der Waals surface area contributed by atoms with Gasteiger partial charge in [0.1, 0.15) is 11.5 Å². The van der Waals surface area contributed by atoms with E-state index in [9.17, 15) is 12.8 Å². The fourth-order valence-electron chi connectivity index (χ4n) is 1.80. The van der Waals surface area contributed by atoms with Crippen molar-refractivity contribution in [3.05, 3.63) is 59.4 Å². The third kappa shape index (κ3) is 3.49. The number of benzene rings is 2. The molecular formula is C14H12FN3O2S. The molecule has 0 aliphatic heterocycles. The summed E-state index contributed by atoms with van der Waals surface area (Å²) in [6.45, 7) is 0. The molecule has 0 amide bonds. The normalized spacial score (nSPS) is 10.9. The molecule has 0 saturated carbocycles. The van der Waals surface area contributed by atoms with E-state index < -0.39 is 21.6 Å². The second-order valence-electron chi connectivity index (χ2n) is 4.33. The lowest BCUT2D eigenvalue weighted by atomic mass is 10.1. The molecule has 0 aliphatic carbocycles. The molecule has 3 N–H and O–H groups in total. The Bertz CT molecular complexity index is 793. The minimum absolute atomic E-state index is 0.00727. The van der Waals surface area contributed by atoms with E-state index in [4.69, 9.17) is 11.0 Å². The van der Waals surface area contributed by atoms with Gasteiger partial charge in [-0.15, -0.1) is 0 Å². The van der Waals surface area contributed by atoms with Gasteiger partial charge >= 0.3 is 0 Å². The fraction of sp³-hybridized carbons (Fsp3) is 0.0714. The second-order valence-corrected chi connectivity index (χ2v) is 6.06. The summed E-state index contributed by atoms with van der Waals surface area (Å²) < 4.78 is 39.9. The van der Waals surface area contributed by atoms with Crippen molar-refractivity contribution in [2.75, 3.05) is 10.5 Å². The number of nitrogens with two attached hydrogens (primary N) is 1. The first-order valence-electron chi connectivity index (χ1n) is 5.95. The zero-order valence-corrected chi connectivity index (χ0v) is 11.7. The number of nitriles is 1. The lowest BCUT2D eigenvalue weighted by Gasteiger charge is -2.11. The Morgan fingerprint density at radius 1 is 1.19 bits per heavy atom. The van der Waals surface area contributed by atoms with E-state index in [2.05, 4.69) is 4.72 Å². The predicted molar refractivity (Wildman–Crippen MR) is 78.2 cm³/mol. The van der Waals surface area contributed by atoms with Gasteiger partial charge < -0.3 is 5.73 Å². The number of hydrogen-bond acceptors (Lipinski definition) is 4. The topological polar surface area (TPSA) is 96.0 Å². The lowest BCUT2D eigenvalue weighted by Crippen LogP contribution is -2.17. The van der Waals surface area contributed by atoms with Crippen molar-refractivity contribution in [2.45, 2.75) is 5.75 Å². The first-order chi connectivity index (χ1) is 9.93. The van der Waals surface area contributed by atoms with E-state index in [0.717, 1.165) is 6.07 Å². The van der Waals surface area contributed by atoms with Crippen molar-refractivity contribution in [3.63, 3.8) is 0 Å². The molecule has 0 heterocycles. The molecule has 0 unspecified atom stereocenters. The minimum Gasteiger partial charge on any atom is -0.397 e. The van der Waals surface area contributed by atoms with Crippen LogP contribution in [0.15, 0.2) is 42.5 Å². The molecular weight excluding hydrogens is 293 g/mol. The van der Waals surface area contributed by atoms with Crippen LogP contribution in [0.5, 0.6) is 0 Å². The van der Waals surface area contributed by atoms with Crippen LogP contribution in [0.2, 0.25) is 0 Å². The number of sulfonamides is 1. The first-order valence-corrected chi connectivity index (χ1v) is 7.60. The van der Waals surface area contributed by atoms with E-state index in [1.165, 1.54) is 24.3 Å². The number of para-hydroxylation sites is 1. The van der Waals surface area contributed by atoms with Crippen molar-refractivity contribution in [2.24, 2.45) is 0 Å². The number of hydrogen-bond donors (Lipinski definition) is 2. The number of nitrogen functional groups attached to an aromatic ring is 1. The zero-order valence-electron chi connectivity index (χ0n) is 10.9. The third-order valence-electron chi connectivity index (χ3n) is 2.79. The van der Waals surface area contributed by atoms with Gasteiger partial charge in [-0.2, -0.15) is 5.26 Å². The van der Waals surface area contributed by atoms with Gasteiger partial charge in [-0.1, -0.05) is 24.3 Å². The molecule has 0 bridgehead atoms. The van der Waals surface area contributed by atoms with Crippen LogP contribution in [0.25, 0.3) is 0 Å². The Kier molecular flexibility index (Phi) is 4.10. The van der Waals surface area contributed by atoms with Crippen LogP contribution < -0.4 is 10.5 Å². The Balaban J connectivity index is 2.30. The summed E-state index contributed by atoms with van der Waals surface area (Å²) in [5, 5.41) is 8.95. The van der Waals surface area contributed by atoms with Crippen molar-refractivity contribution >= 4 is 21.4 Å². The van der Waals surface area contributed by atoms with Crippen molar-refractivity contribution < 1.29 is 12.8 Å². The highest BCUT2D eigenvalue weighted by molar-refractivity contribution is 7.91. The molecule has 0 radical (unpaired) electrons. The Morgan fingerprint density at radius 3 is 2.57 bits per heavy atom. The van der Waals surface area contributed by atoms with E-state index >= 15 is 0 Å². The monoisotopic (exact) mass is 305 g/mol. The molecule has 21 heavy (non-hydrogen) atoms. The summed E-state index contributed by atoms with van der Waals surface area (Å²) in [4.78, 5) is 0. The second kappa shape index (κ2) is 5.81. The number of anilines is 2. The van der Waals surface area contributed by atoms with E-state index in [1.807, 2.05) is 6.07 Å². The summed E-state index contributed by atoms with van der Waals surface area (Å²) in [7, 11) is -3.89. The Hall–Kier alpha value is -2.59. The minimum atomic E-state index is -3.89. The SMILES string of the molecule is N#Cc1ccccc1CS(=O)(=O)Nc1c(N)cccc1F. The van der Waals surface area contributed by atoms with Gasteiger partial charge in [-0.3, -0.25) is 4.72 Å². The standard InChI is InChI=1S/C14H12FN3O2S/c15-12-6-3-7-13(17)14(12)18-21(19,20)9-11-5-2-1-4-10(11)8-16/h1-7,18H,9,17H2. The van der Waals surface area contributed by atoms with E-state index in [1.54, 1.807) is 12.1 Å². The van der Waals surface area contributed by atoms with Crippen molar-refractivity contribution in [1.82, 2.24) is 0 Å². The first kappa shape index (κ1) is 14.8. The molecule has 0 spiro atoms. The Labute approximate surface area is 121 Å². The molecule has 0 saturated heterocycles. The quantitative estimate of drug-likeness (QED) is 0.846. The third-order valence-corrected chi connectivity index (χ3v) is 3.99. The van der Waals surface area contributed by atoms with Gasteiger partial charge in [0.25, 0.3) is 0 Å². The number of nitrogens with one attached hydrogen (secondary N) is 1. The van der Waals surface area contributed by atoms with E-state index in [-0.39, 0.29) is 16.9 Å². The highest BCUT2D eigenvalue weighted by Gasteiger charge is 2.17. The smallest absolute Gasteiger partial charge is 0.237 e. The highest BCUT2D eigenvalue weighted by atomic mass is 32.2. The highest BCUT2D eigenvalue weighted by Crippen LogP contribution is 2.24. The summed E-state index contributed by atoms with van der Waals surface area (Å²) in [6, 6.07) is 12.1. The van der Waals surface area contributed by atoms with Gasteiger partial charge in [0.2, 0.25) is 10.0 Å². The number of rotatable bonds is 4. The molecule has 2 rings (SSSR count). The van der Waals surface area contributed by atoms with Crippen LogP contribution >= 0.6 is 0 Å². The largest absolute Gasteiger partial charge is 0.397 e. The van der Waals surface area contributed by atoms with Gasteiger partial charge in [-0.25, -0.2) is 12.8 Å². The molecule has 0 aromatic heterocycles. The molecule has 0 fully saturated rings. The maximum Gasteiger partial charge on any atom is 0.237 e. The van der Waals surface area contributed by atoms with Gasteiger partial charge in [-0.05, 0) is 23.8 Å². The average Bonchev–Trinajstić information content (AvgIpc) is 2.43. The maximum absolute atomic E-state index is 13.6. The average molecular weight is 305 g/mol. The van der Waals surface area contributed by atoms with Crippen LogP contribution in [0, 0.1) is 17.1 Å². The molecule has 2 aromatic rings. The molecule has 2 aromatic carbocycles. The summed E-state index contributed by atoms with van der Waals surface area (Å²) in [6.07, 6.45) is 0. The molecule has 5 nitrogen and oxygen atoms in total. The number of nitrogens with zero attached hydrogens (tertiary/aromatic N) is 1. The molecule has 0 atom stereocenters. The summed E-state index contributed by atoms with van der Waals surface area (Å²) in [5.74, 6) is -1.20. The molecule has 7 heteroatoms. The summed E-state index contributed by atoms with van der Waals surface area (Å²) in [5.41, 5.74) is 5.86. The van der Waals surface area contributed by atoms with Crippen molar-refractivity contribution in [3.8, 4) is 6.07 Å². The maximum atomic E-state index is 13.6. The van der Waals surface area contributed by atoms with Crippen LogP contribution in [-0.4, -0.2) is 8.42 Å². The Morgan fingerprint density at radius 2 is 1.90 bits per heavy atom. The van der Waals surface area contributed by atoms with Crippen LogP contribution in [0.4, 0.5) is 15.8 Å². The molecule has 0 aliphatic rings. The van der Waals surface area contributed by atoms with E-state index in [0.29, 0.717) is 5.56 Å².